The molecule has 1 aliphatic rings. The molecule has 1 aromatic rings. The van der Waals surface area contributed by atoms with Crippen LogP contribution in [0.5, 0.6) is 0 Å². The Morgan fingerprint density at radius 3 is 2.62 bits per heavy atom. The highest BCUT2D eigenvalue weighted by atomic mass is 32.2. The van der Waals surface area contributed by atoms with E-state index in [0.29, 0.717) is 31.7 Å². The minimum absolute atomic E-state index is 0.281. The normalized spacial score (nSPS) is 16.6. The van der Waals surface area contributed by atoms with Gasteiger partial charge in [-0.1, -0.05) is 18.2 Å². The summed E-state index contributed by atoms with van der Waals surface area (Å²) in [6.45, 7) is 1.15. The van der Waals surface area contributed by atoms with Gasteiger partial charge in [0.15, 0.2) is 9.84 Å². The zero-order chi connectivity index (χ0) is 15.3. The van der Waals surface area contributed by atoms with Crippen LogP contribution in [0.1, 0.15) is 18.4 Å². The van der Waals surface area contributed by atoms with Crippen molar-refractivity contribution in [3.8, 4) is 0 Å². The zero-order valence-corrected chi connectivity index (χ0v) is 12.6. The van der Waals surface area contributed by atoms with Crippen LogP contribution in [0.2, 0.25) is 0 Å². The summed E-state index contributed by atoms with van der Waals surface area (Å²) in [5.74, 6) is -1.03. The van der Waals surface area contributed by atoms with Crippen LogP contribution in [0.15, 0.2) is 24.3 Å². The Morgan fingerprint density at radius 2 is 1.95 bits per heavy atom. The molecule has 0 spiro atoms. The molecule has 0 unspecified atom stereocenters. The van der Waals surface area contributed by atoms with Crippen LogP contribution in [0.25, 0.3) is 0 Å². The maximum absolute atomic E-state index is 12.2. The summed E-state index contributed by atoms with van der Waals surface area (Å²) in [6.07, 6.45) is 0.907. The molecule has 2 rings (SSSR count). The summed E-state index contributed by atoms with van der Waals surface area (Å²) < 4.78 is 29.5. The van der Waals surface area contributed by atoms with Crippen molar-refractivity contribution in [2.24, 2.45) is 5.73 Å². The first-order valence-electron chi connectivity index (χ1n) is 6.90. The number of benzene rings is 1. The van der Waals surface area contributed by atoms with Gasteiger partial charge in [-0.3, -0.25) is 4.79 Å². The van der Waals surface area contributed by atoms with E-state index >= 15 is 0 Å². The summed E-state index contributed by atoms with van der Waals surface area (Å²) in [6, 6.07) is 7.09. The molecule has 3 N–H and O–H groups in total. The van der Waals surface area contributed by atoms with Crippen molar-refractivity contribution in [1.29, 1.82) is 0 Å². The van der Waals surface area contributed by atoms with Crippen LogP contribution in [-0.4, -0.2) is 38.5 Å². The number of rotatable bonds is 5. The van der Waals surface area contributed by atoms with Gasteiger partial charge in [0.1, 0.15) is 5.75 Å². The number of nitrogens with two attached hydrogens (primary N) is 1. The standard InChI is InChI=1S/C14H20N2O4S/c15-9-11-3-1-2-4-13(11)16-14(17)10-21(18,19)12-5-7-20-8-6-12/h1-4,12H,5-10,15H2,(H,16,17). The molecule has 0 radical (unpaired) electrons. The molecular formula is C14H20N2O4S. The van der Waals surface area contributed by atoms with E-state index in [9.17, 15) is 13.2 Å². The molecule has 1 amide bonds. The fraction of sp³-hybridized carbons (Fsp3) is 0.500. The maximum Gasteiger partial charge on any atom is 0.239 e. The number of carbonyl (C=O) groups is 1. The lowest BCUT2D eigenvalue weighted by atomic mass is 10.2. The number of anilines is 1. The molecular weight excluding hydrogens is 292 g/mol. The van der Waals surface area contributed by atoms with Crippen LogP contribution < -0.4 is 11.1 Å². The second kappa shape index (κ2) is 7.02. The molecule has 1 aliphatic heterocycles. The third-order valence-electron chi connectivity index (χ3n) is 3.52. The Kier molecular flexibility index (Phi) is 5.33. The first-order chi connectivity index (χ1) is 10.0. The molecule has 1 aromatic carbocycles. The third kappa shape index (κ3) is 4.26. The zero-order valence-electron chi connectivity index (χ0n) is 11.7. The fourth-order valence-electron chi connectivity index (χ4n) is 2.34. The van der Waals surface area contributed by atoms with Crippen molar-refractivity contribution in [2.45, 2.75) is 24.6 Å². The van der Waals surface area contributed by atoms with Crippen molar-refractivity contribution in [1.82, 2.24) is 0 Å². The van der Waals surface area contributed by atoms with Gasteiger partial charge in [-0.15, -0.1) is 0 Å². The Balaban J connectivity index is 2.00. The molecule has 0 saturated carbocycles. The van der Waals surface area contributed by atoms with E-state index in [1.165, 1.54) is 0 Å². The summed E-state index contributed by atoms with van der Waals surface area (Å²) in [7, 11) is -3.45. The molecule has 1 saturated heterocycles. The molecule has 0 aromatic heterocycles. The Hall–Kier alpha value is -1.44. The van der Waals surface area contributed by atoms with Crippen LogP contribution in [-0.2, 0) is 25.9 Å². The topological polar surface area (TPSA) is 98.5 Å². The number of ether oxygens (including phenoxy) is 1. The second-order valence-corrected chi connectivity index (χ2v) is 7.31. The highest BCUT2D eigenvalue weighted by Gasteiger charge is 2.29. The first-order valence-corrected chi connectivity index (χ1v) is 8.61. The van der Waals surface area contributed by atoms with Crippen molar-refractivity contribution >= 4 is 21.4 Å². The second-order valence-electron chi connectivity index (χ2n) is 5.03. The number of sulfone groups is 1. The summed E-state index contributed by atoms with van der Waals surface area (Å²) in [5, 5.41) is 2.14. The van der Waals surface area contributed by atoms with Crippen molar-refractivity contribution in [3.63, 3.8) is 0 Å². The van der Waals surface area contributed by atoms with Gasteiger partial charge in [-0.2, -0.15) is 0 Å². The average molecular weight is 312 g/mol. The van der Waals surface area contributed by atoms with Gasteiger partial charge in [-0.25, -0.2) is 8.42 Å². The number of amides is 1. The lowest BCUT2D eigenvalue weighted by Gasteiger charge is -2.22. The molecule has 0 atom stereocenters. The van der Waals surface area contributed by atoms with E-state index in [4.69, 9.17) is 10.5 Å². The molecule has 21 heavy (non-hydrogen) atoms. The van der Waals surface area contributed by atoms with Crippen LogP contribution in [0.4, 0.5) is 5.69 Å². The number of nitrogens with one attached hydrogen (secondary N) is 1. The van der Waals surface area contributed by atoms with Gasteiger partial charge in [0.2, 0.25) is 5.91 Å². The minimum Gasteiger partial charge on any atom is -0.381 e. The minimum atomic E-state index is -3.45. The summed E-state index contributed by atoms with van der Waals surface area (Å²) in [5.41, 5.74) is 6.92. The molecule has 0 bridgehead atoms. The lowest BCUT2D eigenvalue weighted by Crippen LogP contribution is -2.35. The third-order valence-corrected chi connectivity index (χ3v) is 5.67. The van der Waals surface area contributed by atoms with Gasteiger partial charge in [0.25, 0.3) is 0 Å². The SMILES string of the molecule is NCc1ccccc1NC(=O)CS(=O)(=O)C1CCOCC1. The molecule has 6 nitrogen and oxygen atoms in total. The highest BCUT2D eigenvalue weighted by molar-refractivity contribution is 7.92. The summed E-state index contributed by atoms with van der Waals surface area (Å²) in [4.78, 5) is 12.0. The number of carbonyl (C=O) groups excluding carboxylic acids is 1. The Bertz CT molecular complexity index is 595. The van der Waals surface area contributed by atoms with Gasteiger partial charge in [0, 0.05) is 25.4 Å². The first kappa shape index (κ1) is 15.9. The Labute approximate surface area is 124 Å². The van der Waals surface area contributed by atoms with E-state index in [-0.39, 0.29) is 6.54 Å². The van der Waals surface area contributed by atoms with E-state index in [2.05, 4.69) is 5.32 Å². The van der Waals surface area contributed by atoms with E-state index < -0.39 is 26.7 Å². The predicted octanol–water partition coefficient (Wildman–Crippen LogP) is 0.678. The van der Waals surface area contributed by atoms with Crippen LogP contribution in [0, 0.1) is 0 Å². The van der Waals surface area contributed by atoms with Crippen LogP contribution in [0.3, 0.4) is 0 Å². The lowest BCUT2D eigenvalue weighted by molar-refractivity contribution is -0.113. The number of para-hydroxylation sites is 1. The number of hydrogen-bond acceptors (Lipinski definition) is 5. The van der Waals surface area contributed by atoms with Crippen molar-refractivity contribution < 1.29 is 17.9 Å². The van der Waals surface area contributed by atoms with Crippen molar-refractivity contribution in [3.05, 3.63) is 29.8 Å². The maximum atomic E-state index is 12.2. The van der Waals surface area contributed by atoms with Gasteiger partial charge in [0.05, 0.1) is 5.25 Å². The van der Waals surface area contributed by atoms with Crippen LogP contribution >= 0.6 is 0 Å². The molecule has 116 valence electrons. The predicted molar refractivity (Wildman–Crippen MR) is 80.6 cm³/mol. The van der Waals surface area contributed by atoms with Gasteiger partial charge in [-0.05, 0) is 24.5 Å². The monoisotopic (exact) mass is 312 g/mol. The highest BCUT2D eigenvalue weighted by Crippen LogP contribution is 2.18. The smallest absolute Gasteiger partial charge is 0.239 e. The average Bonchev–Trinajstić information content (AvgIpc) is 2.48. The number of hydrogen-bond donors (Lipinski definition) is 2. The largest absolute Gasteiger partial charge is 0.381 e. The molecule has 0 aliphatic carbocycles. The van der Waals surface area contributed by atoms with E-state index in [0.717, 1.165) is 5.56 Å². The van der Waals surface area contributed by atoms with Gasteiger partial charge < -0.3 is 15.8 Å². The van der Waals surface area contributed by atoms with E-state index in [1.54, 1.807) is 18.2 Å². The Morgan fingerprint density at radius 1 is 1.29 bits per heavy atom. The molecule has 1 fully saturated rings. The van der Waals surface area contributed by atoms with E-state index in [1.807, 2.05) is 6.07 Å². The fourth-order valence-corrected chi connectivity index (χ4v) is 3.93. The summed E-state index contributed by atoms with van der Waals surface area (Å²) >= 11 is 0. The van der Waals surface area contributed by atoms with Crippen molar-refractivity contribution in [2.75, 3.05) is 24.3 Å². The molecule has 1 heterocycles. The van der Waals surface area contributed by atoms with Gasteiger partial charge >= 0.3 is 0 Å². The quantitative estimate of drug-likeness (QED) is 0.833. The molecule has 7 heteroatoms.